The summed E-state index contributed by atoms with van der Waals surface area (Å²) < 4.78 is 6.64. The fourth-order valence-corrected chi connectivity index (χ4v) is 2.92. The molecule has 0 fully saturated rings. The van der Waals surface area contributed by atoms with Crippen LogP contribution in [0.4, 0.5) is 0 Å². The quantitative estimate of drug-likeness (QED) is 0.570. The molecule has 1 aromatic carbocycles. The second kappa shape index (κ2) is 4.85. The molecule has 0 aliphatic carbocycles. The Morgan fingerprint density at radius 2 is 2.05 bits per heavy atom. The van der Waals surface area contributed by atoms with Crippen LogP contribution in [0.25, 0.3) is 16.7 Å². The van der Waals surface area contributed by atoms with E-state index in [-0.39, 0.29) is 22.1 Å². The van der Waals surface area contributed by atoms with Gasteiger partial charge in [-0.3, -0.25) is 14.0 Å². The molecule has 7 nitrogen and oxygen atoms in total. The minimum atomic E-state index is -0.358. The van der Waals surface area contributed by atoms with Crippen LogP contribution in [0.3, 0.4) is 0 Å². The van der Waals surface area contributed by atoms with Gasteiger partial charge in [-0.05, 0) is 36.0 Å². The number of benzene rings is 1. The van der Waals surface area contributed by atoms with Crippen molar-refractivity contribution in [2.24, 2.45) is 0 Å². The molecule has 108 valence electrons. The summed E-state index contributed by atoms with van der Waals surface area (Å²) in [7, 11) is 0. The van der Waals surface area contributed by atoms with E-state index in [0.717, 1.165) is 17.3 Å². The predicted molar refractivity (Wildman–Crippen MR) is 80.0 cm³/mol. The second-order valence-electron chi connectivity index (χ2n) is 4.48. The molecular formula is C14H8N4O3S. The highest BCUT2D eigenvalue weighted by Crippen LogP contribution is 2.23. The summed E-state index contributed by atoms with van der Waals surface area (Å²) in [5.74, 6) is 0.218. The molecule has 0 bridgehead atoms. The van der Waals surface area contributed by atoms with Gasteiger partial charge in [-0.25, -0.2) is 0 Å². The van der Waals surface area contributed by atoms with Crippen molar-refractivity contribution >= 4 is 33.6 Å². The molecule has 0 saturated heterocycles. The lowest BCUT2D eigenvalue weighted by molar-refractivity contribution is 0.106. The van der Waals surface area contributed by atoms with Crippen molar-refractivity contribution < 1.29 is 9.21 Å². The highest BCUT2D eigenvalue weighted by molar-refractivity contribution is 8.14. The Bertz CT molecular complexity index is 1050. The van der Waals surface area contributed by atoms with Crippen molar-refractivity contribution in [3.05, 3.63) is 58.8 Å². The van der Waals surface area contributed by atoms with Gasteiger partial charge in [0.25, 0.3) is 10.7 Å². The van der Waals surface area contributed by atoms with E-state index in [1.807, 2.05) is 18.2 Å². The summed E-state index contributed by atoms with van der Waals surface area (Å²) in [5, 5.41) is 7.83. The number of aromatic amines is 1. The molecule has 0 spiro atoms. The van der Waals surface area contributed by atoms with E-state index in [4.69, 9.17) is 4.42 Å². The van der Waals surface area contributed by atoms with E-state index in [1.165, 1.54) is 6.26 Å². The van der Waals surface area contributed by atoms with E-state index < -0.39 is 0 Å². The van der Waals surface area contributed by atoms with Gasteiger partial charge >= 0.3 is 0 Å². The molecule has 3 aromatic heterocycles. The maximum Gasteiger partial charge on any atom is 0.294 e. The third kappa shape index (κ3) is 1.92. The van der Waals surface area contributed by atoms with E-state index >= 15 is 0 Å². The molecule has 1 N–H and O–H groups in total. The molecule has 22 heavy (non-hydrogen) atoms. The van der Waals surface area contributed by atoms with Crippen LogP contribution in [-0.4, -0.2) is 24.7 Å². The van der Waals surface area contributed by atoms with Gasteiger partial charge in [0.15, 0.2) is 5.76 Å². The molecule has 0 aliphatic heterocycles. The van der Waals surface area contributed by atoms with Crippen LogP contribution < -0.4 is 5.56 Å². The first-order valence-electron chi connectivity index (χ1n) is 6.36. The Kier molecular flexibility index (Phi) is 2.83. The first-order chi connectivity index (χ1) is 10.7. The minimum absolute atomic E-state index is 0.147. The van der Waals surface area contributed by atoms with E-state index in [0.29, 0.717) is 10.7 Å². The first kappa shape index (κ1) is 12.8. The Morgan fingerprint density at radius 1 is 1.18 bits per heavy atom. The van der Waals surface area contributed by atoms with Crippen LogP contribution in [0.2, 0.25) is 0 Å². The van der Waals surface area contributed by atoms with E-state index in [2.05, 4.69) is 15.2 Å². The van der Waals surface area contributed by atoms with Crippen molar-refractivity contribution in [2.75, 3.05) is 0 Å². The lowest BCUT2D eigenvalue weighted by Crippen LogP contribution is -2.11. The summed E-state index contributed by atoms with van der Waals surface area (Å²) in [6.07, 6.45) is 1.43. The summed E-state index contributed by atoms with van der Waals surface area (Å²) in [5.41, 5.74) is 1.15. The average molecular weight is 312 g/mol. The molecule has 8 heteroatoms. The molecule has 0 saturated carbocycles. The first-order valence-corrected chi connectivity index (χ1v) is 7.17. The minimum Gasteiger partial charge on any atom is -0.460 e. The molecule has 0 amide bonds. The number of hydrogen-bond donors (Lipinski definition) is 1. The molecule has 0 unspecified atom stereocenters. The molecule has 0 radical (unpaired) electrons. The van der Waals surface area contributed by atoms with E-state index in [9.17, 15) is 9.59 Å². The zero-order valence-electron chi connectivity index (χ0n) is 11.0. The molecule has 4 aromatic rings. The second-order valence-corrected chi connectivity index (χ2v) is 5.42. The number of fused-ring (bicyclic) bond motifs is 3. The molecule has 0 aliphatic rings. The van der Waals surface area contributed by atoms with Gasteiger partial charge in [0.05, 0.1) is 17.3 Å². The van der Waals surface area contributed by atoms with Gasteiger partial charge in [-0.1, -0.05) is 12.1 Å². The maximum atomic E-state index is 12.1. The number of nitrogens with one attached hydrogen (secondary N) is 1. The number of thioether (sulfide) groups is 1. The fourth-order valence-electron chi connectivity index (χ4n) is 2.18. The third-order valence-electron chi connectivity index (χ3n) is 3.14. The topological polar surface area (TPSA) is 93.3 Å². The number of hydrogen-bond acceptors (Lipinski definition) is 6. The van der Waals surface area contributed by atoms with E-state index in [1.54, 1.807) is 22.6 Å². The van der Waals surface area contributed by atoms with Crippen molar-refractivity contribution in [3.63, 3.8) is 0 Å². The van der Waals surface area contributed by atoms with Crippen molar-refractivity contribution in [3.8, 4) is 0 Å². The SMILES string of the molecule is O=C(Sc1nnc2c(=O)[nH]c3ccccc3n12)c1ccco1. The monoisotopic (exact) mass is 312 g/mol. The Labute approximate surface area is 127 Å². The van der Waals surface area contributed by atoms with Crippen LogP contribution in [-0.2, 0) is 0 Å². The number of rotatable bonds is 2. The summed E-state index contributed by atoms with van der Waals surface area (Å²) >= 11 is 0.865. The number of aromatic nitrogens is 4. The largest absolute Gasteiger partial charge is 0.460 e. The van der Waals surface area contributed by atoms with Crippen molar-refractivity contribution in [2.45, 2.75) is 5.16 Å². The van der Waals surface area contributed by atoms with Crippen molar-refractivity contribution in [1.82, 2.24) is 19.6 Å². The highest BCUT2D eigenvalue weighted by Gasteiger charge is 2.18. The van der Waals surface area contributed by atoms with Crippen LogP contribution in [0, 0.1) is 0 Å². The normalized spacial score (nSPS) is 11.3. The zero-order valence-corrected chi connectivity index (χ0v) is 11.8. The summed E-state index contributed by atoms with van der Waals surface area (Å²) in [4.78, 5) is 26.9. The Morgan fingerprint density at radius 3 is 2.86 bits per heavy atom. The number of furan rings is 1. The molecule has 3 heterocycles. The number of carbonyl (C=O) groups excluding carboxylic acids is 1. The number of para-hydroxylation sites is 2. The van der Waals surface area contributed by atoms with Crippen molar-refractivity contribution in [1.29, 1.82) is 0 Å². The Hall–Kier alpha value is -2.87. The maximum absolute atomic E-state index is 12.1. The fraction of sp³-hybridized carbons (Fsp3) is 0. The van der Waals surface area contributed by atoms with Gasteiger partial charge in [0, 0.05) is 0 Å². The van der Waals surface area contributed by atoms with Gasteiger partial charge in [-0.15, -0.1) is 10.2 Å². The molecule has 4 rings (SSSR count). The van der Waals surface area contributed by atoms with Gasteiger partial charge in [-0.2, -0.15) is 0 Å². The lowest BCUT2D eigenvalue weighted by Gasteiger charge is -2.03. The average Bonchev–Trinajstić information content (AvgIpc) is 3.17. The van der Waals surface area contributed by atoms with Crippen LogP contribution in [0.1, 0.15) is 10.6 Å². The van der Waals surface area contributed by atoms with Crippen LogP contribution in [0.5, 0.6) is 0 Å². The highest BCUT2D eigenvalue weighted by atomic mass is 32.2. The lowest BCUT2D eigenvalue weighted by atomic mass is 10.3. The van der Waals surface area contributed by atoms with Crippen LogP contribution >= 0.6 is 11.8 Å². The third-order valence-corrected chi connectivity index (χ3v) is 3.97. The molecule has 0 atom stereocenters. The predicted octanol–water partition coefficient (Wildman–Crippen LogP) is 2.10. The molecular weight excluding hydrogens is 304 g/mol. The smallest absolute Gasteiger partial charge is 0.294 e. The summed E-state index contributed by atoms with van der Waals surface area (Å²) in [6, 6.07) is 10.5. The van der Waals surface area contributed by atoms with Gasteiger partial charge < -0.3 is 9.40 Å². The number of carbonyl (C=O) groups is 1. The zero-order chi connectivity index (χ0) is 15.1. The van der Waals surface area contributed by atoms with Crippen LogP contribution in [0.15, 0.2) is 57.0 Å². The van der Waals surface area contributed by atoms with Gasteiger partial charge in [0.1, 0.15) is 0 Å². The standard InChI is InChI=1S/C14H8N4O3S/c19-12-11-16-17-14(22-13(20)10-6-3-7-21-10)18(11)9-5-2-1-4-8(9)15-12/h1-7H,(H,15,19). The van der Waals surface area contributed by atoms with Gasteiger partial charge in [0.2, 0.25) is 10.8 Å². The summed E-state index contributed by atoms with van der Waals surface area (Å²) in [6.45, 7) is 0. The number of H-pyrrole nitrogens is 1. The Balaban J connectivity index is 1.92. The number of nitrogens with zero attached hydrogens (tertiary/aromatic N) is 3.